The molecule has 0 aliphatic heterocycles. The van der Waals surface area contributed by atoms with Gasteiger partial charge in [0.05, 0.1) is 6.61 Å². The molecule has 0 saturated carbocycles. The Morgan fingerprint density at radius 1 is 2.00 bits per heavy atom. The first-order valence-corrected chi connectivity index (χ1v) is 2.24. The summed E-state index contributed by atoms with van der Waals surface area (Å²) >= 11 is 0. The maximum absolute atomic E-state index is 11.6. The molecule has 48 valence electrons. The van der Waals surface area contributed by atoms with Gasteiger partial charge in [0, 0.05) is 0 Å². The van der Waals surface area contributed by atoms with Crippen molar-refractivity contribution in [3.63, 3.8) is 0 Å². The zero-order valence-corrected chi connectivity index (χ0v) is 4.56. The second kappa shape index (κ2) is 3.37. The molecule has 0 amide bonds. The highest BCUT2D eigenvalue weighted by Crippen LogP contribution is 1.83. The summed E-state index contributed by atoms with van der Waals surface area (Å²) in [6.07, 6.45) is -1.99. The van der Waals surface area contributed by atoms with E-state index in [-0.39, 0.29) is 6.61 Å². The monoisotopic (exact) mass is 121 g/mol. The Hall–Kier alpha value is -0.640. The van der Waals surface area contributed by atoms with E-state index >= 15 is 0 Å². The molecule has 0 spiro atoms. The zero-order chi connectivity index (χ0) is 6.57. The maximum atomic E-state index is 11.6. The highest BCUT2D eigenvalue weighted by atomic mass is 19.1. The Bertz CT molecular complexity index is 84.1. The Labute approximate surface area is 46.6 Å². The molecule has 0 heterocycles. The van der Waals surface area contributed by atoms with Crippen LogP contribution < -0.4 is 5.73 Å². The third-order valence-electron chi connectivity index (χ3n) is 0.512. The van der Waals surface area contributed by atoms with Crippen molar-refractivity contribution in [3.8, 4) is 0 Å². The molecule has 4 heteroatoms. The Balaban J connectivity index is 3.33. The molecular weight excluding hydrogens is 113 g/mol. The molecule has 0 rings (SSSR count). The molecule has 3 nitrogen and oxygen atoms in total. The van der Waals surface area contributed by atoms with Gasteiger partial charge in [0.1, 0.15) is 0 Å². The number of rotatable bonds is 2. The lowest BCUT2D eigenvalue weighted by atomic mass is 10.6. The molecule has 0 radical (unpaired) electrons. The van der Waals surface area contributed by atoms with Crippen LogP contribution >= 0.6 is 0 Å². The molecular formula is C4H8FNO2. The van der Waals surface area contributed by atoms with E-state index in [0.717, 1.165) is 0 Å². The first-order chi connectivity index (χ1) is 3.68. The van der Waals surface area contributed by atoms with E-state index < -0.39 is 12.3 Å². The first kappa shape index (κ1) is 7.36. The van der Waals surface area contributed by atoms with Gasteiger partial charge in [-0.05, 0) is 6.92 Å². The van der Waals surface area contributed by atoms with Gasteiger partial charge in [-0.25, -0.2) is 9.18 Å². The fourth-order valence-electron chi connectivity index (χ4n) is 0.222. The molecule has 0 aromatic rings. The summed E-state index contributed by atoms with van der Waals surface area (Å²) in [5.74, 6) is -1.01. The van der Waals surface area contributed by atoms with Crippen LogP contribution in [-0.2, 0) is 9.53 Å². The molecule has 2 N–H and O–H groups in total. The van der Waals surface area contributed by atoms with E-state index in [0.29, 0.717) is 0 Å². The summed E-state index contributed by atoms with van der Waals surface area (Å²) in [6.45, 7) is 1.75. The Morgan fingerprint density at radius 2 is 2.50 bits per heavy atom. The summed E-state index contributed by atoms with van der Waals surface area (Å²) < 4.78 is 15.7. The predicted octanol–water partition coefficient (Wildman–Crippen LogP) is -0.196. The van der Waals surface area contributed by atoms with Gasteiger partial charge in [0.25, 0.3) is 0 Å². The van der Waals surface area contributed by atoms with Gasteiger partial charge in [0.15, 0.2) is 0 Å². The number of nitrogens with two attached hydrogens (primary N) is 1. The van der Waals surface area contributed by atoms with Crippen molar-refractivity contribution in [2.75, 3.05) is 6.61 Å². The molecule has 0 aromatic heterocycles. The minimum absolute atomic E-state index is 0.163. The van der Waals surface area contributed by atoms with E-state index in [1.165, 1.54) is 0 Å². The number of esters is 1. The zero-order valence-electron chi connectivity index (χ0n) is 4.56. The largest absolute Gasteiger partial charge is 0.463 e. The lowest BCUT2D eigenvalue weighted by molar-refractivity contribution is -0.148. The van der Waals surface area contributed by atoms with E-state index in [9.17, 15) is 9.18 Å². The first-order valence-electron chi connectivity index (χ1n) is 2.24. The number of ether oxygens (including phenoxy) is 1. The van der Waals surface area contributed by atoms with E-state index in [4.69, 9.17) is 0 Å². The van der Waals surface area contributed by atoms with Gasteiger partial charge in [-0.2, -0.15) is 0 Å². The van der Waals surface area contributed by atoms with Crippen LogP contribution in [-0.4, -0.2) is 18.9 Å². The molecule has 0 saturated heterocycles. The second-order valence-corrected chi connectivity index (χ2v) is 1.15. The van der Waals surface area contributed by atoms with Crippen LogP contribution in [0.3, 0.4) is 0 Å². The van der Waals surface area contributed by atoms with Crippen LogP contribution in [0.5, 0.6) is 0 Å². The third-order valence-corrected chi connectivity index (χ3v) is 0.512. The molecule has 0 aromatic carbocycles. The van der Waals surface area contributed by atoms with Crippen molar-refractivity contribution < 1.29 is 13.9 Å². The van der Waals surface area contributed by atoms with Crippen LogP contribution in [0.25, 0.3) is 0 Å². The maximum Gasteiger partial charge on any atom is 0.355 e. The summed E-state index contributed by atoms with van der Waals surface area (Å²) in [5, 5.41) is 0. The molecule has 0 aliphatic carbocycles. The molecule has 1 unspecified atom stereocenters. The van der Waals surface area contributed by atoms with Gasteiger partial charge in [-0.15, -0.1) is 0 Å². The molecule has 0 aliphatic rings. The van der Waals surface area contributed by atoms with Gasteiger partial charge in [-0.3, -0.25) is 5.73 Å². The normalized spacial score (nSPS) is 12.9. The van der Waals surface area contributed by atoms with Gasteiger partial charge in [-0.1, -0.05) is 0 Å². The van der Waals surface area contributed by atoms with Gasteiger partial charge >= 0.3 is 5.97 Å². The van der Waals surface area contributed by atoms with Crippen LogP contribution in [0.4, 0.5) is 4.39 Å². The average molecular weight is 121 g/mol. The molecule has 0 fully saturated rings. The van der Waals surface area contributed by atoms with Crippen LogP contribution in [0.2, 0.25) is 0 Å². The van der Waals surface area contributed by atoms with E-state index in [1.807, 2.05) is 0 Å². The summed E-state index contributed by atoms with van der Waals surface area (Å²) in [6, 6.07) is 0. The number of hydrogen-bond donors (Lipinski definition) is 1. The average Bonchev–Trinajstić information content (AvgIpc) is 1.67. The lowest BCUT2D eigenvalue weighted by Gasteiger charge is -1.99. The Kier molecular flexibility index (Phi) is 3.10. The fourth-order valence-corrected chi connectivity index (χ4v) is 0.222. The van der Waals surface area contributed by atoms with Crippen molar-refractivity contribution in [1.29, 1.82) is 0 Å². The van der Waals surface area contributed by atoms with Crippen molar-refractivity contribution in [2.24, 2.45) is 5.73 Å². The molecule has 0 bridgehead atoms. The summed E-state index contributed by atoms with van der Waals surface area (Å²) in [7, 11) is 0. The van der Waals surface area contributed by atoms with Gasteiger partial charge in [0.2, 0.25) is 6.30 Å². The fraction of sp³-hybridized carbons (Fsp3) is 0.750. The Morgan fingerprint density at radius 3 is 2.62 bits per heavy atom. The van der Waals surface area contributed by atoms with Crippen molar-refractivity contribution in [1.82, 2.24) is 0 Å². The third kappa shape index (κ3) is 2.52. The van der Waals surface area contributed by atoms with Gasteiger partial charge < -0.3 is 4.74 Å². The molecule has 8 heavy (non-hydrogen) atoms. The van der Waals surface area contributed by atoms with Crippen molar-refractivity contribution in [3.05, 3.63) is 0 Å². The van der Waals surface area contributed by atoms with Crippen LogP contribution in [0, 0.1) is 0 Å². The minimum Gasteiger partial charge on any atom is -0.463 e. The SMILES string of the molecule is CCOC(=O)C(N)F. The summed E-state index contributed by atoms with van der Waals surface area (Å²) in [4.78, 5) is 10.0. The highest BCUT2D eigenvalue weighted by Gasteiger charge is 2.10. The van der Waals surface area contributed by atoms with Crippen LogP contribution in [0.1, 0.15) is 6.92 Å². The van der Waals surface area contributed by atoms with Crippen molar-refractivity contribution in [2.45, 2.75) is 13.2 Å². The number of hydrogen-bond acceptors (Lipinski definition) is 3. The molecule has 1 atom stereocenters. The quantitative estimate of drug-likeness (QED) is 0.406. The lowest BCUT2D eigenvalue weighted by Crippen LogP contribution is -2.27. The van der Waals surface area contributed by atoms with Crippen LogP contribution in [0.15, 0.2) is 0 Å². The standard InChI is InChI=1S/C4H8FNO2/c1-2-8-4(7)3(5)6/h3H,2,6H2,1H3. The van der Waals surface area contributed by atoms with E-state index in [1.54, 1.807) is 6.92 Å². The number of alkyl halides is 1. The minimum atomic E-state index is -1.99. The summed E-state index contributed by atoms with van der Waals surface area (Å²) in [5.41, 5.74) is 4.48. The highest BCUT2D eigenvalue weighted by molar-refractivity contribution is 5.73. The predicted molar refractivity (Wildman–Crippen MR) is 25.7 cm³/mol. The van der Waals surface area contributed by atoms with Crippen molar-refractivity contribution >= 4 is 5.97 Å². The second-order valence-electron chi connectivity index (χ2n) is 1.15. The number of carbonyl (C=O) groups is 1. The topological polar surface area (TPSA) is 52.3 Å². The number of carbonyl (C=O) groups excluding carboxylic acids is 1. The smallest absolute Gasteiger partial charge is 0.355 e. The van der Waals surface area contributed by atoms with E-state index in [2.05, 4.69) is 10.5 Å². The number of halogens is 1.